The molecule has 2 atom stereocenters. The molecule has 1 aromatic heterocycles. The Morgan fingerprint density at radius 2 is 2.36 bits per heavy atom. The summed E-state index contributed by atoms with van der Waals surface area (Å²) in [5.41, 5.74) is 5.21. The summed E-state index contributed by atoms with van der Waals surface area (Å²) in [7, 11) is 0. The van der Waals surface area contributed by atoms with E-state index in [1.54, 1.807) is 0 Å². The summed E-state index contributed by atoms with van der Waals surface area (Å²) in [6.45, 7) is 1.91. The maximum absolute atomic E-state index is 10.9. The summed E-state index contributed by atoms with van der Waals surface area (Å²) in [6, 6.07) is 3.80. The fourth-order valence-electron chi connectivity index (χ4n) is 1.83. The summed E-state index contributed by atoms with van der Waals surface area (Å²) >= 11 is 0. The van der Waals surface area contributed by atoms with E-state index in [-0.39, 0.29) is 18.0 Å². The molecule has 2 heterocycles. The minimum absolute atomic E-state index is 0.140. The van der Waals surface area contributed by atoms with Gasteiger partial charge < -0.3 is 10.2 Å². The zero-order chi connectivity index (χ0) is 10.1. The highest BCUT2D eigenvalue weighted by Gasteiger charge is 2.29. The Morgan fingerprint density at radius 3 is 2.86 bits per heavy atom. The first-order valence-corrected chi connectivity index (χ1v) is 4.78. The van der Waals surface area contributed by atoms with Gasteiger partial charge in [0, 0.05) is 0 Å². The first-order valence-electron chi connectivity index (χ1n) is 4.78. The molecule has 1 saturated heterocycles. The lowest BCUT2D eigenvalue weighted by Gasteiger charge is -2.09. The molecule has 2 rings (SSSR count). The van der Waals surface area contributed by atoms with Crippen molar-refractivity contribution in [3.8, 4) is 0 Å². The zero-order valence-electron chi connectivity index (χ0n) is 8.12. The molecule has 1 aliphatic heterocycles. The molecule has 1 aromatic rings. The molecule has 4 nitrogen and oxygen atoms in total. The molecule has 0 saturated carbocycles. The van der Waals surface area contributed by atoms with Gasteiger partial charge in [-0.3, -0.25) is 10.1 Å². The second-order valence-corrected chi connectivity index (χ2v) is 3.70. The standard InChI is InChI=1S/C10H14N2O2/c1-6-2-5-9(14-6)7-3-4-8(12-7)10(11)13/h2,5,7-8,12H,3-4H2,1H3,(H2,11,13). The molecule has 0 aliphatic carbocycles. The lowest BCUT2D eigenvalue weighted by atomic mass is 10.1. The van der Waals surface area contributed by atoms with E-state index in [1.165, 1.54) is 0 Å². The summed E-state index contributed by atoms with van der Waals surface area (Å²) < 4.78 is 5.48. The zero-order valence-corrected chi connectivity index (χ0v) is 8.12. The molecule has 0 bridgehead atoms. The lowest BCUT2D eigenvalue weighted by Crippen LogP contribution is -2.37. The molecule has 0 aromatic carbocycles. The Bertz CT molecular complexity index is 346. The summed E-state index contributed by atoms with van der Waals surface area (Å²) in [5, 5.41) is 3.15. The smallest absolute Gasteiger partial charge is 0.234 e. The maximum atomic E-state index is 10.9. The van der Waals surface area contributed by atoms with Crippen LogP contribution in [0.3, 0.4) is 0 Å². The highest BCUT2D eigenvalue weighted by molar-refractivity contribution is 5.80. The maximum Gasteiger partial charge on any atom is 0.234 e. The van der Waals surface area contributed by atoms with Gasteiger partial charge in [-0.2, -0.15) is 0 Å². The van der Waals surface area contributed by atoms with Crippen LogP contribution in [0.25, 0.3) is 0 Å². The van der Waals surface area contributed by atoms with E-state index >= 15 is 0 Å². The third-order valence-electron chi connectivity index (χ3n) is 2.59. The van der Waals surface area contributed by atoms with Crippen molar-refractivity contribution in [1.82, 2.24) is 5.32 Å². The van der Waals surface area contributed by atoms with Crippen LogP contribution in [0, 0.1) is 6.92 Å². The number of carbonyl (C=O) groups is 1. The number of rotatable bonds is 2. The van der Waals surface area contributed by atoms with Crippen LogP contribution < -0.4 is 11.1 Å². The summed E-state index contributed by atoms with van der Waals surface area (Å²) in [6.07, 6.45) is 1.69. The van der Waals surface area contributed by atoms with Gasteiger partial charge in [0.2, 0.25) is 5.91 Å². The van der Waals surface area contributed by atoms with Crippen molar-refractivity contribution in [3.63, 3.8) is 0 Å². The van der Waals surface area contributed by atoms with Crippen LogP contribution in [0.1, 0.15) is 30.4 Å². The predicted molar refractivity (Wildman–Crippen MR) is 51.5 cm³/mol. The van der Waals surface area contributed by atoms with Gasteiger partial charge in [0.25, 0.3) is 0 Å². The number of carbonyl (C=O) groups excluding carboxylic acids is 1. The molecular weight excluding hydrogens is 180 g/mol. The SMILES string of the molecule is Cc1ccc(C2CCC(C(N)=O)N2)o1. The summed E-state index contributed by atoms with van der Waals surface area (Å²) in [4.78, 5) is 10.9. The molecule has 3 N–H and O–H groups in total. The van der Waals surface area contributed by atoms with E-state index in [0.717, 1.165) is 24.4 Å². The van der Waals surface area contributed by atoms with Gasteiger partial charge >= 0.3 is 0 Å². The van der Waals surface area contributed by atoms with Gasteiger partial charge in [0.15, 0.2) is 0 Å². The van der Waals surface area contributed by atoms with Crippen LogP contribution in [0.5, 0.6) is 0 Å². The number of nitrogens with one attached hydrogen (secondary N) is 1. The van der Waals surface area contributed by atoms with Crippen LogP contribution in [0.2, 0.25) is 0 Å². The van der Waals surface area contributed by atoms with Gasteiger partial charge in [0.1, 0.15) is 11.5 Å². The van der Waals surface area contributed by atoms with Crippen LogP contribution in [-0.4, -0.2) is 11.9 Å². The number of aryl methyl sites for hydroxylation is 1. The second kappa shape index (κ2) is 3.46. The molecule has 14 heavy (non-hydrogen) atoms. The summed E-state index contributed by atoms with van der Waals surface area (Å²) in [5.74, 6) is 1.51. The van der Waals surface area contributed by atoms with E-state index in [9.17, 15) is 4.79 Å². The van der Waals surface area contributed by atoms with Gasteiger partial charge in [-0.25, -0.2) is 0 Å². The molecule has 76 valence electrons. The highest BCUT2D eigenvalue weighted by atomic mass is 16.3. The number of primary amides is 1. The van der Waals surface area contributed by atoms with Crippen LogP contribution >= 0.6 is 0 Å². The van der Waals surface area contributed by atoms with E-state index in [4.69, 9.17) is 10.2 Å². The van der Waals surface area contributed by atoms with Gasteiger partial charge in [0.05, 0.1) is 12.1 Å². The Balaban J connectivity index is 2.05. The quantitative estimate of drug-likeness (QED) is 0.733. The Morgan fingerprint density at radius 1 is 1.57 bits per heavy atom. The lowest BCUT2D eigenvalue weighted by molar-refractivity contribution is -0.119. The van der Waals surface area contributed by atoms with Crippen LogP contribution in [0.4, 0.5) is 0 Å². The molecule has 0 radical (unpaired) electrons. The van der Waals surface area contributed by atoms with E-state index in [2.05, 4.69) is 5.32 Å². The van der Waals surface area contributed by atoms with Crippen LogP contribution in [0.15, 0.2) is 16.5 Å². The van der Waals surface area contributed by atoms with Crippen molar-refractivity contribution >= 4 is 5.91 Å². The Kier molecular flexibility index (Phi) is 2.29. The molecule has 0 spiro atoms. The van der Waals surface area contributed by atoms with Gasteiger partial charge in [-0.05, 0) is 31.9 Å². The average Bonchev–Trinajstić information content (AvgIpc) is 2.70. The predicted octanol–water partition coefficient (Wildman–Crippen LogP) is 0.866. The monoisotopic (exact) mass is 194 g/mol. The number of hydrogen-bond acceptors (Lipinski definition) is 3. The minimum Gasteiger partial charge on any atom is -0.465 e. The molecule has 1 fully saturated rings. The largest absolute Gasteiger partial charge is 0.465 e. The fourth-order valence-corrected chi connectivity index (χ4v) is 1.83. The number of amides is 1. The van der Waals surface area contributed by atoms with Gasteiger partial charge in [-0.15, -0.1) is 0 Å². The van der Waals surface area contributed by atoms with Crippen molar-refractivity contribution in [2.45, 2.75) is 31.8 Å². The Hall–Kier alpha value is -1.29. The fraction of sp³-hybridized carbons (Fsp3) is 0.500. The minimum atomic E-state index is -0.282. The first kappa shape index (κ1) is 9.27. The number of nitrogens with two attached hydrogens (primary N) is 1. The Labute approximate surface area is 82.5 Å². The molecule has 4 heteroatoms. The van der Waals surface area contributed by atoms with Crippen molar-refractivity contribution in [2.75, 3.05) is 0 Å². The number of furan rings is 1. The second-order valence-electron chi connectivity index (χ2n) is 3.70. The van der Waals surface area contributed by atoms with Gasteiger partial charge in [-0.1, -0.05) is 0 Å². The number of hydrogen-bond donors (Lipinski definition) is 2. The van der Waals surface area contributed by atoms with Crippen molar-refractivity contribution in [2.24, 2.45) is 5.73 Å². The van der Waals surface area contributed by atoms with E-state index < -0.39 is 0 Å². The van der Waals surface area contributed by atoms with Crippen molar-refractivity contribution < 1.29 is 9.21 Å². The normalized spacial score (nSPS) is 26.6. The first-order chi connectivity index (χ1) is 6.66. The van der Waals surface area contributed by atoms with E-state index in [0.29, 0.717) is 0 Å². The molecular formula is C10H14N2O2. The third kappa shape index (κ3) is 1.65. The van der Waals surface area contributed by atoms with E-state index in [1.807, 2.05) is 19.1 Å². The van der Waals surface area contributed by atoms with Crippen molar-refractivity contribution in [1.29, 1.82) is 0 Å². The molecule has 2 unspecified atom stereocenters. The highest BCUT2D eigenvalue weighted by Crippen LogP contribution is 2.27. The topological polar surface area (TPSA) is 68.3 Å². The molecule has 1 amide bonds. The third-order valence-corrected chi connectivity index (χ3v) is 2.59. The average molecular weight is 194 g/mol. The van der Waals surface area contributed by atoms with Crippen LogP contribution in [-0.2, 0) is 4.79 Å². The van der Waals surface area contributed by atoms with Crippen molar-refractivity contribution in [3.05, 3.63) is 23.7 Å². The molecule has 1 aliphatic rings.